The van der Waals surface area contributed by atoms with E-state index in [1.54, 1.807) is 22.7 Å². The van der Waals surface area contributed by atoms with Gasteiger partial charge in [0, 0.05) is 30.2 Å². The molecule has 32 heavy (non-hydrogen) atoms. The molecule has 0 aliphatic carbocycles. The van der Waals surface area contributed by atoms with Crippen LogP contribution < -0.4 is 5.43 Å². The molecule has 2 aromatic carbocycles. The highest BCUT2D eigenvalue weighted by atomic mass is 32.2. The van der Waals surface area contributed by atoms with Gasteiger partial charge in [-0.05, 0) is 42.5 Å². The molecule has 0 atom stereocenters. The quantitative estimate of drug-likeness (QED) is 0.377. The van der Waals surface area contributed by atoms with Gasteiger partial charge in [0.05, 0.1) is 10.6 Å². The lowest BCUT2D eigenvalue weighted by Crippen LogP contribution is -2.37. The summed E-state index contributed by atoms with van der Waals surface area (Å²) in [6.07, 6.45) is 7.33. The molecular formula is C24H26N4O2S2. The molecule has 0 spiro atoms. The number of hydrogen-bond donors (Lipinski definition) is 1. The minimum Gasteiger partial charge on any atom is -0.253 e. The zero-order valence-electron chi connectivity index (χ0n) is 17.9. The Kier molecular flexibility index (Phi) is 7.14. The predicted octanol–water partition coefficient (Wildman–Crippen LogP) is 5.34. The van der Waals surface area contributed by atoms with Gasteiger partial charge >= 0.3 is 0 Å². The smallest absolute Gasteiger partial charge is 0.243 e. The molecule has 0 radical (unpaired) electrons. The van der Waals surface area contributed by atoms with E-state index in [9.17, 15) is 8.42 Å². The van der Waals surface area contributed by atoms with Crippen molar-refractivity contribution in [3.8, 4) is 11.3 Å². The Labute approximate surface area is 193 Å². The average Bonchev–Trinajstić information content (AvgIpc) is 3.29. The molecule has 1 aliphatic rings. The molecule has 166 valence electrons. The highest BCUT2D eigenvalue weighted by molar-refractivity contribution is 7.89. The summed E-state index contributed by atoms with van der Waals surface area (Å²) in [5, 5.41) is 6.76. The summed E-state index contributed by atoms with van der Waals surface area (Å²) < 4.78 is 27.4. The number of hydrogen-bond acceptors (Lipinski definition) is 6. The molecule has 3 aromatic rings. The number of rotatable bonds is 7. The molecule has 1 aromatic heterocycles. The van der Waals surface area contributed by atoms with Crippen molar-refractivity contribution in [2.75, 3.05) is 18.5 Å². The SMILES string of the molecule is CC1CCN(S(=O)(=O)c2ccc(-c3csc(NN=CC=Cc4ccccc4)n3)cc2)CC1. The third kappa shape index (κ3) is 5.51. The van der Waals surface area contributed by atoms with Crippen LogP contribution in [0.3, 0.4) is 0 Å². The summed E-state index contributed by atoms with van der Waals surface area (Å²) in [7, 11) is -3.44. The second-order valence-corrected chi connectivity index (χ2v) is 10.6. The maximum Gasteiger partial charge on any atom is 0.243 e. The second kappa shape index (κ2) is 10.2. The molecule has 1 N–H and O–H groups in total. The van der Waals surface area contributed by atoms with Crippen molar-refractivity contribution in [2.45, 2.75) is 24.7 Å². The molecule has 0 bridgehead atoms. The van der Waals surface area contributed by atoms with Crippen molar-refractivity contribution >= 4 is 38.8 Å². The van der Waals surface area contributed by atoms with Crippen molar-refractivity contribution in [1.29, 1.82) is 0 Å². The number of benzene rings is 2. The lowest BCUT2D eigenvalue weighted by Gasteiger charge is -2.29. The number of nitrogens with one attached hydrogen (secondary N) is 1. The van der Waals surface area contributed by atoms with Crippen LogP contribution in [0.2, 0.25) is 0 Å². The van der Waals surface area contributed by atoms with E-state index in [1.165, 1.54) is 11.3 Å². The van der Waals surface area contributed by atoms with Crippen molar-refractivity contribution in [2.24, 2.45) is 11.0 Å². The molecule has 8 heteroatoms. The number of hydrazone groups is 1. The lowest BCUT2D eigenvalue weighted by molar-refractivity contribution is 0.288. The number of anilines is 1. The van der Waals surface area contributed by atoms with E-state index >= 15 is 0 Å². The summed E-state index contributed by atoms with van der Waals surface area (Å²) in [6, 6.07) is 17.0. The Hall–Kier alpha value is -2.81. The van der Waals surface area contributed by atoms with Gasteiger partial charge in [0.15, 0.2) is 0 Å². The van der Waals surface area contributed by atoms with Gasteiger partial charge in [0.25, 0.3) is 0 Å². The van der Waals surface area contributed by atoms with Gasteiger partial charge in [-0.15, -0.1) is 11.3 Å². The van der Waals surface area contributed by atoms with Gasteiger partial charge in [-0.1, -0.05) is 55.5 Å². The third-order valence-electron chi connectivity index (χ3n) is 5.44. The first-order valence-corrected chi connectivity index (χ1v) is 12.9. The van der Waals surface area contributed by atoms with Crippen LogP contribution in [0.15, 0.2) is 76.1 Å². The first-order chi connectivity index (χ1) is 15.5. The molecule has 4 rings (SSSR count). The van der Waals surface area contributed by atoms with Crippen molar-refractivity contribution in [1.82, 2.24) is 9.29 Å². The van der Waals surface area contributed by atoms with Crippen LogP contribution in [0.5, 0.6) is 0 Å². The first kappa shape index (κ1) is 22.4. The molecule has 2 heterocycles. The second-order valence-electron chi connectivity index (χ2n) is 7.81. The molecule has 1 fully saturated rings. The molecule has 0 amide bonds. The standard InChI is InChI=1S/C24H26N4O2S2/c1-19-13-16-28(17-14-19)32(29,30)22-11-9-21(10-12-22)23-18-31-24(26-23)27-25-15-5-8-20-6-3-2-4-7-20/h2-12,15,18-19H,13-14,16-17H2,1H3,(H,26,27). The Balaban J connectivity index is 1.37. The van der Waals surface area contributed by atoms with E-state index in [-0.39, 0.29) is 0 Å². The number of nitrogens with zero attached hydrogens (tertiary/aromatic N) is 3. The van der Waals surface area contributed by atoms with E-state index < -0.39 is 10.0 Å². The maximum atomic E-state index is 12.9. The summed E-state index contributed by atoms with van der Waals surface area (Å²) >= 11 is 1.44. The van der Waals surface area contributed by atoms with E-state index in [0.29, 0.717) is 29.0 Å². The first-order valence-electron chi connectivity index (χ1n) is 10.6. The Bertz CT molecular complexity index is 1180. The normalized spacial score (nSPS) is 16.2. The number of thiazole rings is 1. The van der Waals surface area contributed by atoms with E-state index in [0.717, 1.165) is 29.7 Å². The number of allylic oxidation sites excluding steroid dienone is 1. The fourth-order valence-electron chi connectivity index (χ4n) is 3.48. The highest BCUT2D eigenvalue weighted by Gasteiger charge is 2.27. The van der Waals surface area contributed by atoms with Crippen molar-refractivity contribution < 1.29 is 8.42 Å². The van der Waals surface area contributed by atoms with Gasteiger partial charge < -0.3 is 0 Å². The summed E-state index contributed by atoms with van der Waals surface area (Å²) in [4.78, 5) is 4.87. The van der Waals surface area contributed by atoms with Crippen molar-refractivity contribution in [3.05, 3.63) is 71.6 Å². The summed E-state index contributed by atoms with van der Waals surface area (Å²) in [6.45, 7) is 3.35. The van der Waals surface area contributed by atoms with E-state index in [2.05, 4.69) is 22.4 Å². The largest absolute Gasteiger partial charge is 0.253 e. The molecule has 0 unspecified atom stereocenters. The van der Waals surface area contributed by atoms with Crippen LogP contribution in [0.25, 0.3) is 17.3 Å². The Morgan fingerprint density at radius 2 is 1.81 bits per heavy atom. The average molecular weight is 467 g/mol. The Morgan fingerprint density at radius 3 is 2.53 bits per heavy atom. The minimum absolute atomic E-state index is 0.333. The fourth-order valence-corrected chi connectivity index (χ4v) is 5.62. The van der Waals surface area contributed by atoms with Crippen LogP contribution in [0, 0.1) is 5.92 Å². The fraction of sp³-hybridized carbons (Fsp3) is 0.250. The predicted molar refractivity (Wildman–Crippen MR) is 132 cm³/mol. The number of piperidine rings is 1. The van der Waals surface area contributed by atoms with E-state index in [4.69, 9.17) is 0 Å². The van der Waals surface area contributed by atoms with Crippen LogP contribution >= 0.6 is 11.3 Å². The zero-order chi connectivity index (χ0) is 22.4. The van der Waals surface area contributed by atoms with Crippen molar-refractivity contribution in [3.63, 3.8) is 0 Å². The van der Waals surface area contributed by atoms with E-state index in [1.807, 2.05) is 60.0 Å². The van der Waals surface area contributed by atoms with Gasteiger partial charge in [0.2, 0.25) is 15.2 Å². The van der Waals surface area contributed by atoms with Gasteiger partial charge in [-0.25, -0.2) is 13.4 Å². The maximum absolute atomic E-state index is 12.9. The molecule has 1 saturated heterocycles. The molecule has 0 saturated carbocycles. The summed E-state index contributed by atoms with van der Waals surface area (Å²) in [5.41, 5.74) is 5.68. The third-order valence-corrected chi connectivity index (χ3v) is 8.10. The number of sulfonamides is 1. The van der Waals surface area contributed by atoms with Crippen LogP contribution in [-0.4, -0.2) is 37.0 Å². The lowest BCUT2D eigenvalue weighted by atomic mass is 10.0. The molecule has 6 nitrogen and oxygen atoms in total. The summed E-state index contributed by atoms with van der Waals surface area (Å²) in [5.74, 6) is 0.584. The van der Waals surface area contributed by atoms with Gasteiger partial charge in [-0.2, -0.15) is 9.41 Å². The molecular weight excluding hydrogens is 440 g/mol. The van der Waals surface area contributed by atoms with Crippen LogP contribution in [0.4, 0.5) is 5.13 Å². The number of aromatic nitrogens is 1. The monoisotopic (exact) mass is 466 g/mol. The van der Waals surface area contributed by atoms with Crippen LogP contribution in [-0.2, 0) is 10.0 Å². The Morgan fingerprint density at radius 1 is 1.09 bits per heavy atom. The van der Waals surface area contributed by atoms with Gasteiger partial charge in [-0.3, -0.25) is 5.43 Å². The molecule has 1 aliphatic heterocycles. The van der Waals surface area contributed by atoms with Gasteiger partial charge in [0.1, 0.15) is 0 Å². The van der Waals surface area contributed by atoms with Crippen LogP contribution in [0.1, 0.15) is 25.3 Å². The zero-order valence-corrected chi connectivity index (χ0v) is 19.5. The highest BCUT2D eigenvalue weighted by Crippen LogP contribution is 2.28. The topological polar surface area (TPSA) is 74.7 Å². The minimum atomic E-state index is -3.44.